The van der Waals surface area contributed by atoms with Crippen LogP contribution in [0.3, 0.4) is 0 Å². The maximum atomic E-state index is 4.93. The summed E-state index contributed by atoms with van der Waals surface area (Å²) in [7, 11) is 9.87. The van der Waals surface area contributed by atoms with Crippen molar-refractivity contribution >= 4 is 27.9 Å². The third-order valence-electron chi connectivity index (χ3n) is 3.01. The van der Waals surface area contributed by atoms with Crippen molar-refractivity contribution in [2.24, 2.45) is 0 Å². The zero-order valence-corrected chi connectivity index (χ0v) is 12.9. The van der Waals surface area contributed by atoms with E-state index < -0.39 is 20.8 Å². The predicted octanol–water partition coefficient (Wildman–Crippen LogP) is 4.42. The van der Waals surface area contributed by atoms with Gasteiger partial charge in [-0.3, -0.25) is 0 Å². The molecule has 4 heteroatoms. The quantitative estimate of drug-likeness (QED) is 0.734. The monoisotopic (exact) mass is 331 g/mol. The summed E-state index contributed by atoms with van der Waals surface area (Å²) in [6.45, 7) is 0. The number of aromatic nitrogens is 1. The summed E-state index contributed by atoms with van der Waals surface area (Å²) in [5.74, 6) is 0. The first-order chi connectivity index (χ1) is 7.86. The van der Waals surface area contributed by atoms with E-state index in [1.54, 1.807) is 5.56 Å². The molecule has 2 aromatic rings. The fourth-order valence-electron chi connectivity index (χ4n) is 2.36. The molecular weight excluding hydrogens is 320 g/mol. The molecule has 0 aliphatic heterocycles. The first-order valence-corrected chi connectivity index (χ1v) is 11.7. The van der Waals surface area contributed by atoms with Crippen molar-refractivity contribution < 1.29 is 20.8 Å². The number of hydrogen-bond acceptors (Lipinski definition) is 0. The van der Waals surface area contributed by atoms with Crippen molar-refractivity contribution in [3.63, 3.8) is 0 Å². The van der Waals surface area contributed by atoms with E-state index in [9.17, 15) is 0 Å². The Kier molecular flexibility index (Phi) is 4.94. The third kappa shape index (κ3) is 2.72. The van der Waals surface area contributed by atoms with Gasteiger partial charge in [0.05, 0.1) is 0 Å². The molecule has 84 valence electrons. The Balaban J connectivity index is 0.000000292. The number of rotatable bonds is 0. The summed E-state index contributed by atoms with van der Waals surface area (Å²) in [4.78, 5) is 3.52. The standard InChI is InChI=1S/C12H13N.2ClH.Zr/c1-3-7-11-9(5-1)10-6-2-4-8-12(10)13-11;;;/h1,3,5,7,13H,2,4,6,8H2;2*1H;/q;;;+2/p-2. The van der Waals surface area contributed by atoms with Crippen LogP contribution in [0.5, 0.6) is 0 Å². The summed E-state index contributed by atoms with van der Waals surface area (Å²) in [5, 5.41) is 1.44. The van der Waals surface area contributed by atoms with Crippen LogP contribution in [-0.2, 0) is 33.7 Å². The number of aryl methyl sites for hydroxylation is 2. The number of hydrogen-bond donors (Lipinski definition) is 1. The summed E-state index contributed by atoms with van der Waals surface area (Å²) in [6.07, 6.45) is 5.21. The Hall–Kier alpha value is 0.223. The van der Waals surface area contributed by atoms with E-state index in [4.69, 9.17) is 17.0 Å². The van der Waals surface area contributed by atoms with E-state index in [1.165, 1.54) is 42.3 Å². The molecule has 1 aliphatic carbocycles. The van der Waals surface area contributed by atoms with Crippen molar-refractivity contribution in [1.29, 1.82) is 0 Å². The van der Waals surface area contributed by atoms with Gasteiger partial charge in [0.1, 0.15) is 0 Å². The molecule has 0 saturated carbocycles. The van der Waals surface area contributed by atoms with Gasteiger partial charge in [0.2, 0.25) is 0 Å². The minimum atomic E-state index is -0.826. The Bertz CT molecular complexity index is 467. The van der Waals surface area contributed by atoms with Gasteiger partial charge in [-0.2, -0.15) is 0 Å². The summed E-state index contributed by atoms with van der Waals surface area (Å²) in [6, 6.07) is 8.64. The zero-order valence-electron chi connectivity index (χ0n) is 8.89. The van der Waals surface area contributed by atoms with Gasteiger partial charge in [0, 0.05) is 16.6 Å². The first-order valence-electron chi connectivity index (χ1n) is 5.41. The fraction of sp³-hybridized carbons (Fsp3) is 0.333. The molecule has 0 bridgehead atoms. The average molecular weight is 333 g/mol. The van der Waals surface area contributed by atoms with Crippen molar-refractivity contribution in [2.45, 2.75) is 25.7 Å². The molecular formula is C12H13Cl2NZr. The van der Waals surface area contributed by atoms with E-state index in [1.807, 2.05) is 0 Å². The molecule has 0 saturated heterocycles. The van der Waals surface area contributed by atoms with Crippen LogP contribution in [0.25, 0.3) is 10.9 Å². The van der Waals surface area contributed by atoms with Gasteiger partial charge in [0.25, 0.3) is 0 Å². The first kappa shape index (κ1) is 12.7. The minimum absolute atomic E-state index is 0.826. The smallest absolute Gasteiger partial charge is 0.0458 e. The minimum Gasteiger partial charge on any atom is -0.358 e. The van der Waals surface area contributed by atoms with Gasteiger partial charge in [-0.1, -0.05) is 18.2 Å². The Morgan fingerprint density at radius 2 is 1.75 bits per heavy atom. The van der Waals surface area contributed by atoms with E-state index in [0.717, 1.165) is 0 Å². The molecule has 0 fully saturated rings. The van der Waals surface area contributed by atoms with Gasteiger partial charge in [-0.15, -0.1) is 0 Å². The number of aromatic amines is 1. The van der Waals surface area contributed by atoms with Gasteiger partial charge in [-0.05, 0) is 37.3 Å². The molecule has 0 amide bonds. The van der Waals surface area contributed by atoms with Crippen LogP contribution >= 0.6 is 17.0 Å². The van der Waals surface area contributed by atoms with E-state index in [0.29, 0.717) is 0 Å². The van der Waals surface area contributed by atoms with Crippen LogP contribution < -0.4 is 0 Å². The van der Waals surface area contributed by atoms with Crippen LogP contribution in [0.4, 0.5) is 0 Å². The normalized spacial score (nSPS) is 13.9. The molecule has 0 atom stereocenters. The number of nitrogens with one attached hydrogen (secondary N) is 1. The second-order valence-corrected chi connectivity index (χ2v) is 7.64. The molecule has 0 radical (unpaired) electrons. The maximum Gasteiger partial charge on any atom is 0.0458 e. The van der Waals surface area contributed by atoms with E-state index in [-0.39, 0.29) is 0 Å². The van der Waals surface area contributed by atoms with Gasteiger partial charge in [0.15, 0.2) is 0 Å². The van der Waals surface area contributed by atoms with Crippen LogP contribution in [0.1, 0.15) is 24.1 Å². The molecule has 1 N–H and O–H groups in total. The SMILES string of the molecule is [Cl][Zr][Cl].c1ccc2c3c([nH]c2c1)CCCC3. The van der Waals surface area contributed by atoms with Gasteiger partial charge >= 0.3 is 37.9 Å². The second-order valence-electron chi connectivity index (χ2n) is 3.91. The molecule has 3 rings (SSSR count). The number of para-hydroxylation sites is 1. The molecule has 1 aliphatic rings. The van der Waals surface area contributed by atoms with Crippen molar-refractivity contribution in [1.82, 2.24) is 4.98 Å². The number of halogens is 2. The molecule has 0 spiro atoms. The van der Waals surface area contributed by atoms with E-state index in [2.05, 4.69) is 29.2 Å². The second kappa shape index (κ2) is 6.24. The van der Waals surface area contributed by atoms with E-state index >= 15 is 0 Å². The third-order valence-corrected chi connectivity index (χ3v) is 3.01. The maximum absolute atomic E-state index is 4.93. The van der Waals surface area contributed by atoms with Crippen LogP contribution in [0.2, 0.25) is 0 Å². The Morgan fingerprint density at radius 1 is 1.06 bits per heavy atom. The van der Waals surface area contributed by atoms with Crippen molar-refractivity contribution in [3.05, 3.63) is 35.5 Å². The topological polar surface area (TPSA) is 15.8 Å². The number of fused-ring (bicyclic) bond motifs is 3. The molecule has 1 aromatic heterocycles. The van der Waals surface area contributed by atoms with Crippen LogP contribution in [0, 0.1) is 0 Å². The molecule has 1 nitrogen and oxygen atoms in total. The molecule has 1 heterocycles. The van der Waals surface area contributed by atoms with Crippen molar-refractivity contribution in [3.8, 4) is 0 Å². The fourth-order valence-corrected chi connectivity index (χ4v) is 2.36. The predicted molar refractivity (Wildman–Crippen MR) is 66.6 cm³/mol. The number of H-pyrrole nitrogens is 1. The molecule has 16 heavy (non-hydrogen) atoms. The summed E-state index contributed by atoms with van der Waals surface area (Å²) in [5.41, 5.74) is 4.36. The van der Waals surface area contributed by atoms with Crippen LogP contribution in [0.15, 0.2) is 24.3 Å². The number of benzene rings is 1. The Morgan fingerprint density at radius 3 is 2.56 bits per heavy atom. The van der Waals surface area contributed by atoms with Gasteiger partial charge < -0.3 is 4.98 Å². The summed E-state index contributed by atoms with van der Waals surface area (Å²) >= 11 is -0.826. The Labute approximate surface area is 114 Å². The molecule has 1 aromatic carbocycles. The zero-order chi connectivity index (χ0) is 11.4. The van der Waals surface area contributed by atoms with Gasteiger partial charge in [-0.25, -0.2) is 0 Å². The summed E-state index contributed by atoms with van der Waals surface area (Å²) < 4.78 is 0. The average Bonchev–Trinajstić information content (AvgIpc) is 2.68. The van der Waals surface area contributed by atoms with Crippen LogP contribution in [-0.4, -0.2) is 4.98 Å². The van der Waals surface area contributed by atoms with Crippen molar-refractivity contribution in [2.75, 3.05) is 0 Å². The molecule has 0 unspecified atom stereocenters. The largest absolute Gasteiger partial charge is 0.358 e.